The van der Waals surface area contributed by atoms with Gasteiger partial charge in [0.1, 0.15) is 0 Å². The van der Waals surface area contributed by atoms with Crippen LogP contribution >= 0.6 is 0 Å². The number of aryl methyl sites for hydroxylation is 2. The van der Waals surface area contributed by atoms with Crippen molar-refractivity contribution in [3.8, 4) is 0 Å². The van der Waals surface area contributed by atoms with Gasteiger partial charge in [-0.1, -0.05) is 12.1 Å². The fourth-order valence-electron chi connectivity index (χ4n) is 2.69. The van der Waals surface area contributed by atoms with Crippen molar-refractivity contribution < 1.29 is 4.79 Å². The summed E-state index contributed by atoms with van der Waals surface area (Å²) < 4.78 is 0. The Balaban J connectivity index is 2.30. The lowest BCUT2D eigenvalue weighted by Crippen LogP contribution is -2.54. The third-order valence-electron chi connectivity index (χ3n) is 3.68. The van der Waals surface area contributed by atoms with Crippen LogP contribution < -0.4 is 10.2 Å². The standard InChI is InChI=1S/C15H23N3O/c1-11-5-6-12(2)14(7-11)18-10-13(8-16-3)9-17(4)15(18)19/h5-7,13,16H,8-10H2,1-4H3. The summed E-state index contributed by atoms with van der Waals surface area (Å²) in [4.78, 5) is 16.1. The molecule has 1 saturated heterocycles. The van der Waals surface area contributed by atoms with Crippen LogP contribution in [-0.2, 0) is 0 Å². The molecule has 0 aromatic heterocycles. The maximum atomic E-state index is 12.4. The van der Waals surface area contributed by atoms with Crippen LogP contribution in [0.5, 0.6) is 0 Å². The first-order chi connectivity index (χ1) is 9.02. The Labute approximate surface area is 115 Å². The van der Waals surface area contributed by atoms with Gasteiger partial charge in [0.25, 0.3) is 0 Å². The van der Waals surface area contributed by atoms with Crippen molar-refractivity contribution >= 4 is 11.7 Å². The highest BCUT2D eigenvalue weighted by Gasteiger charge is 2.30. The van der Waals surface area contributed by atoms with E-state index in [1.807, 2.05) is 23.9 Å². The summed E-state index contributed by atoms with van der Waals surface area (Å²) in [6, 6.07) is 6.37. The van der Waals surface area contributed by atoms with E-state index in [0.29, 0.717) is 5.92 Å². The van der Waals surface area contributed by atoms with Crippen molar-refractivity contribution in [1.29, 1.82) is 0 Å². The third-order valence-corrected chi connectivity index (χ3v) is 3.68. The zero-order chi connectivity index (χ0) is 14.0. The fourth-order valence-corrected chi connectivity index (χ4v) is 2.69. The Morgan fingerprint density at radius 2 is 2.05 bits per heavy atom. The molecular formula is C15H23N3O. The number of nitrogens with one attached hydrogen (secondary N) is 1. The highest BCUT2D eigenvalue weighted by molar-refractivity contribution is 5.93. The molecule has 1 fully saturated rings. The lowest BCUT2D eigenvalue weighted by molar-refractivity contribution is 0.192. The number of anilines is 1. The highest BCUT2D eigenvalue weighted by Crippen LogP contribution is 2.26. The van der Waals surface area contributed by atoms with E-state index < -0.39 is 0 Å². The number of benzene rings is 1. The second-order valence-corrected chi connectivity index (χ2v) is 5.49. The smallest absolute Gasteiger partial charge is 0.324 e. The molecule has 2 rings (SSSR count). The minimum Gasteiger partial charge on any atom is -0.327 e. The number of carbonyl (C=O) groups excluding carboxylic acids is 1. The molecular weight excluding hydrogens is 238 g/mol. The molecule has 1 heterocycles. The summed E-state index contributed by atoms with van der Waals surface area (Å²) >= 11 is 0. The monoisotopic (exact) mass is 261 g/mol. The molecule has 1 aromatic carbocycles. The molecule has 2 amide bonds. The van der Waals surface area contributed by atoms with Crippen LogP contribution in [0.15, 0.2) is 18.2 Å². The van der Waals surface area contributed by atoms with Crippen molar-refractivity contribution in [2.24, 2.45) is 5.92 Å². The number of hydrogen-bond donors (Lipinski definition) is 1. The SMILES string of the molecule is CNCC1CN(C)C(=O)N(c2cc(C)ccc2C)C1. The average molecular weight is 261 g/mol. The zero-order valence-corrected chi connectivity index (χ0v) is 12.2. The van der Waals surface area contributed by atoms with Crippen molar-refractivity contribution in [3.63, 3.8) is 0 Å². The summed E-state index contributed by atoms with van der Waals surface area (Å²) in [5, 5.41) is 3.21. The molecule has 1 N–H and O–H groups in total. The van der Waals surface area contributed by atoms with Gasteiger partial charge in [-0.05, 0) is 38.1 Å². The largest absolute Gasteiger partial charge is 0.327 e. The lowest BCUT2D eigenvalue weighted by atomic mass is 10.0. The molecule has 0 bridgehead atoms. The Morgan fingerprint density at radius 3 is 2.74 bits per heavy atom. The van der Waals surface area contributed by atoms with Crippen LogP contribution in [0, 0.1) is 19.8 Å². The topological polar surface area (TPSA) is 35.6 Å². The van der Waals surface area contributed by atoms with Gasteiger partial charge in [0.2, 0.25) is 0 Å². The maximum absolute atomic E-state index is 12.4. The molecule has 1 aliphatic heterocycles. The quantitative estimate of drug-likeness (QED) is 0.903. The number of amides is 2. The van der Waals surface area contributed by atoms with Gasteiger partial charge in [0.05, 0.1) is 0 Å². The van der Waals surface area contributed by atoms with E-state index in [1.165, 1.54) is 5.56 Å². The molecule has 1 aromatic rings. The molecule has 4 heteroatoms. The molecule has 1 aliphatic rings. The van der Waals surface area contributed by atoms with Gasteiger partial charge < -0.3 is 10.2 Å². The number of nitrogens with zero attached hydrogens (tertiary/aromatic N) is 2. The van der Waals surface area contributed by atoms with E-state index in [9.17, 15) is 4.79 Å². The van der Waals surface area contributed by atoms with Crippen molar-refractivity contribution in [1.82, 2.24) is 10.2 Å². The first-order valence-electron chi connectivity index (χ1n) is 6.77. The summed E-state index contributed by atoms with van der Waals surface area (Å²) in [6.45, 7) is 6.66. The van der Waals surface area contributed by atoms with Gasteiger partial charge in [-0.2, -0.15) is 0 Å². The molecule has 104 valence electrons. The van der Waals surface area contributed by atoms with Gasteiger partial charge in [0.15, 0.2) is 0 Å². The van der Waals surface area contributed by atoms with Gasteiger partial charge in [0, 0.05) is 38.3 Å². The molecule has 0 spiro atoms. The van der Waals surface area contributed by atoms with Crippen LogP contribution in [0.25, 0.3) is 0 Å². The van der Waals surface area contributed by atoms with Crippen LogP contribution in [0.4, 0.5) is 10.5 Å². The maximum Gasteiger partial charge on any atom is 0.324 e. The Hall–Kier alpha value is -1.55. The number of urea groups is 1. The van der Waals surface area contributed by atoms with E-state index in [4.69, 9.17) is 0 Å². The van der Waals surface area contributed by atoms with E-state index >= 15 is 0 Å². The number of rotatable bonds is 3. The Morgan fingerprint density at radius 1 is 1.32 bits per heavy atom. The predicted octanol–water partition coefficient (Wildman–Crippen LogP) is 2.01. The predicted molar refractivity (Wildman–Crippen MR) is 78.7 cm³/mol. The van der Waals surface area contributed by atoms with Gasteiger partial charge in [-0.3, -0.25) is 4.90 Å². The average Bonchev–Trinajstić information content (AvgIpc) is 2.37. The van der Waals surface area contributed by atoms with Gasteiger partial charge in [-0.15, -0.1) is 0 Å². The Kier molecular flexibility index (Phi) is 4.10. The molecule has 1 atom stereocenters. The van der Waals surface area contributed by atoms with Crippen LogP contribution in [0.1, 0.15) is 11.1 Å². The van der Waals surface area contributed by atoms with Crippen LogP contribution in [0.2, 0.25) is 0 Å². The normalized spacial score (nSPS) is 20.0. The molecule has 0 radical (unpaired) electrons. The van der Waals surface area contributed by atoms with Gasteiger partial charge in [-0.25, -0.2) is 4.79 Å². The van der Waals surface area contributed by atoms with Crippen LogP contribution in [0.3, 0.4) is 0 Å². The van der Waals surface area contributed by atoms with Crippen molar-refractivity contribution in [3.05, 3.63) is 29.3 Å². The fraction of sp³-hybridized carbons (Fsp3) is 0.533. The minimum atomic E-state index is 0.0982. The first-order valence-corrected chi connectivity index (χ1v) is 6.77. The van der Waals surface area contributed by atoms with Crippen molar-refractivity contribution in [2.45, 2.75) is 13.8 Å². The summed E-state index contributed by atoms with van der Waals surface area (Å²) in [5.74, 6) is 0.465. The Bertz CT molecular complexity index is 472. The molecule has 1 unspecified atom stereocenters. The summed E-state index contributed by atoms with van der Waals surface area (Å²) in [7, 11) is 3.83. The number of carbonyl (C=O) groups is 1. The van der Waals surface area contributed by atoms with Crippen molar-refractivity contribution in [2.75, 3.05) is 38.6 Å². The van der Waals surface area contributed by atoms with E-state index in [1.54, 1.807) is 0 Å². The molecule has 19 heavy (non-hydrogen) atoms. The minimum absolute atomic E-state index is 0.0982. The second-order valence-electron chi connectivity index (χ2n) is 5.49. The van der Waals surface area contributed by atoms with E-state index in [2.05, 4.69) is 37.4 Å². The summed E-state index contributed by atoms with van der Waals surface area (Å²) in [6.07, 6.45) is 0. The van der Waals surface area contributed by atoms with Crippen LogP contribution in [-0.4, -0.2) is 44.7 Å². The zero-order valence-electron chi connectivity index (χ0n) is 12.2. The van der Waals surface area contributed by atoms with E-state index in [0.717, 1.165) is 30.9 Å². The highest BCUT2D eigenvalue weighted by atomic mass is 16.2. The molecule has 4 nitrogen and oxygen atoms in total. The lowest BCUT2D eigenvalue weighted by Gasteiger charge is -2.39. The second kappa shape index (κ2) is 5.61. The first kappa shape index (κ1) is 13.9. The number of hydrogen-bond acceptors (Lipinski definition) is 2. The molecule has 0 aliphatic carbocycles. The third kappa shape index (κ3) is 2.89. The van der Waals surface area contributed by atoms with E-state index in [-0.39, 0.29) is 6.03 Å². The molecule has 0 saturated carbocycles. The van der Waals surface area contributed by atoms with Gasteiger partial charge >= 0.3 is 6.03 Å². The summed E-state index contributed by atoms with van der Waals surface area (Å²) in [5.41, 5.74) is 3.38.